The number of carbonyl (C=O) groups excluding carboxylic acids is 1. The van der Waals surface area contributed by atoms with Crippen LogP contribution in [0.1, 0.15) is 17.4 Å². The van der Waals surface area contributed by atoms with E-state index in [1.807, 2.05) is 0 Å². The van der Waals surface area contributed by atoms with Gasteiger partial charge in [-0.25, -0.2) is 0 Å². The minimum Gasteiger partial charge on any atom is -0.543 e. The van der Waals surface area contributed by atoms with Gasteiger partial charge in [0.05, 0.1) is 12.6 Å². The Bertz CT molecular complexity index is 290. The maximum absolute atomic E-state index is 10.4. The van der Waals surface area contributed by atoms with Crippen LogP contribution in [-0.2, 0) is 0 Å². The summed E-state index contributed by atoms with van der Waals surface area (Å²) in [5.74, 6) is -1.07. The van der Waals surface area contributed by atoms with Crippen molar-refractivity contribution >= 4 is 5.97 Å². The van der Waals surface area contributed by atoms with Crippen LogP contribution in [0.2, 0.25) is 0 Å². The van der Waals surface area contributed by atoms with Crippen LogP contribution < -0.4 is 39.4 Å². The van der Waals surface area contributed by atoms with Crippen LogP contribution in [0.4, 0.5) is 0 Å². The summed E-state index contributed by atoms with van der Waals surface area (Å²) in [5.41, 5.74) is -0.153. The molecule has 64 valence electrons. The maximum atomic E-state index is 10.4. The van der Waals surface area contributed by atoms with Gasteiger partial charge in [0.25, 0.3) is 0 Å². The van der Waals surface area contributed by atoms with Gasteiger partial charge in [0.1, 0.15) is 11.4 Å². The summed E-state index contributed by atoms with van der Waals surface area (Å²) in [6.45, 7) is 2.18. The molecule has 0 amide bonds. The van der Waals surface area contributed by atoms with E-state index < -0.39 is 5.97 Å². The number of hydrogen-bond donors (Lipinski definition) is 0. The van der Waals surface area contributed by atoms with E-state index in [9.17, 15) is 9.90 Å². The van der Waals surface area contributed by atoms with Crippen molar-refractivity contribution in [1.29, 1.82) is 0 Å². The molecule has 0 aliphatic heterocycles. The molecule has 0 aliphatic rings. The summed E-state index contributed by atoms with van der Waals surface area (Å²) < 4.78 is 5.01. The molecule has 5 heteroatoms. The van der Waals surface area contributed by atoms with Gasteiger partial charge in [-0.15, -0.1) is 0 Å². The Kier molecular flexibility index (Phi) is 5.70. The van der Waals surface area contributed by atoms with E-state index >= 15 is 0 Å². The third-order valence-electron chi connectivity index (χ3n) is 1.26. The number of ether oxygens (including phenoxy) is 1. The average Bonchev–Trinajstić information content (AvgIpc) is 2.05. The Morgan fingerprint density at radius 1 is 1.69 bits per heavy atom. The van der Waals surface area contributed by atoms with Crippen LogP contribution in [0.3, 0.4) is 0 Å². The largest absolute Gasteiger partial charge is 1.00 e. The molecule has 0 N–H and O–H groups in total. The third kappa shape index (κ3) is 3.34. The van der Waals surface area contributed by atoms with Gasteiger partial charge in [-0.1, -0.05) is 0 Å². The standard InChI is InChI=1S/C8H9NO3.Na/c1-2-12-6-4-3-5-9-7(6)8(10)11;/h3-5H,2H2,1H3,(H,10,11);/q;+1/p-1. The third-order valence-corrected chi connectivity index (χ3v) is 1.26. The first-order chi connectivity index (χ1) is 5.75. The van der Waals surface area contributed by atoms with Crippen molar-refractivity contribution in [3.8, 4) is 5.75 Å². The second kappa shape index (κ2) is 5.96. The molecule has 0 radical (unpaired) electrons. The van der Waals surface area contributed by atoms with E-state index in [4.69, 9.17) is 4.74 Å². The first-order valence-corrected chi connectivity index (χ1v) is 3.55. The Hall–Kier alpha value is -0.580. The normalized spacial score (nSPS) is 8.69. The summed E-state index contributed by atoms with van der Waals surface area (Å²) >= 11 is 0. The van der Waals surface area contributed by atoms with E-state index in [2.05, 4.69) is 4.98 Å². The number of nitrogens with zero attached hydrogens (tertiary/aromatic N) is 1. The average molecular weight is 189 g/mol. The molecular formula is C8H8NNaO3. The van der Waals surface area contributed by atoms with Crippen LogP contribution in [-0.4, -0.2) is 17.6 Å². The molecule has 0 spiro atoms. The molecule has 0 aliphatic carbocycles. The van der Waals surface area contributed by atoms with E-state index in [1.165, 1.54) is 6.20 Å². The van der Waals surface area contributed by atoms with E-state index in [1.54, 1.807) is 19.1 Å². The van der Waals surface area contributed by atoms with Gasteiger partial charge < -0.3 is 14.6 Å². The Balaban J connectivity index is 0.00000144. The molecule has 1 rings (SSSR count). The molecule has 0 saturated heterocycles. The fraction of sp³-hybridized carbons (Fsp3) is 0.250. The number of aromatic nitrogens is 1. The van der Waals surface area contributed by atoms with E-state index in [0.29, 0.717) is 6.61 Å². The molecule has 0 bridgehead atoms. The SMILES string of the molecule is CCOc1cccnc1C(=O)[O-].[Na+]. The summed E-state index contributed by atoms with van der Waals surface area (Å²) in [5, 5.41) is 10.4. The van der Waals surface area contributed by atoms with Crippen molar-refractivity contribution in [2.45, 2.75) is 6.92 Å². The van der Waals surface area contributed by atoms with Crippen LogP contribution >= 0.6 is 0 Å². The number of hydrogen-bond acceptors (Lipinski definition) is 4. The zero-order valence-corrected chi connectivity index (χ0v) is 9.61. The number of carboxylic acid groups (broad SMARTS) is 1. The molecule has 1 aromatic heterocycles. The fourth-order valence-electron chi connectivity index (χ4n) is 0.816. The first kappa shape index (κ1) is 12.4. The van der Waals surface area contributed by atoms with E-state index in [-0.39, 0.29) is 41.0 Å². The number of carboxylic acids is 1. The van der Waals surface area contributed by atoms with Crippen molar-refractivity contribution in [2.24, 2.45) is 0 Å². The quantitative estimate of drug-likeness (QED) is 0.471. The summed E-state index contributed by atoms with van der Waals surface area (Å²) in [4.78, 5) is 14.1. The van der Waals surface area contributed by atoms with Crippen LogP contribution in [0.25, 0.3) is 0 Å². The molecule has 0 atom stereocenters. The molecule has 0 unspecified atom stereocenters. The van der Waals surface area contributed by atoms with Crippen molar-refractivity contribution in [2.75, 3.05) is 6.61 Å². The predicted octanol–water partition coefficient (Wildman–Crippen LogP) is -3.15. The van der Waals surface area contributed by atoms with Gasteiger partial charge in [0, 0.05) is 6.20 Å². The molecule has 1 heterocycles. The number of carbonyl (C=O) groups is 1. The zero-order chi connectivity index (χ0) is 8.97. The number of rotatable bonds is 3. The fourth-order valence-corrected chi connectivity index (χ4v) is 0.816. The van der Waals surface area contributed by atoms with Gasteiger partial charge in [-0.2, -0.15) is 0 Å². The molecule has 0 saturated carbocycles. The maximum Gasteiger partial charge on any atom is 1.00 e. The van der Waals surface area contributed by atoms with Crippen molar-refractivity contribution in [3.05, 3.63) is 24.0 Å². The first-order valence-electron chi connectivity index (χ1n) is 3.55. The molecule has 0 aromatic carbocycles. The second-order valence-electron chi connectivity index (χ2n) is 2.07. The summed E-state index contributed by atoms with van der Waals surface area (Å²) in [6, 6.07) is 3.15. The molecular weight excluding hydrogens is 181 g/mol. The minimum atomic E-state index is -1.32. The van der Waals surface area contributed by atoms with Crippen molar-refractivity contribution in [3.63, 3.8) is 0 Å². The minimum absolute atomic E-state index is 0. The smallest absolute Gasteiger partial charge is 0.543 e. The monoisotopic (exact) mass is 189 g/mol. The predicted molar refractivity (Wildman–Crippen MR) is 39.7 cm³/mol. The Morgan fingerprint density at radius 3 is 2.92 bits per heavy atom. The number of pyridine rings is 1. The van der Waals surface area contributed by atoms with Gasteiger partial charge in [0.2, 0.25) is 0 Å². The summed E-state index contributed by atoms with van der Waals surface area (Å²) in [7, 11) is 0. The van der Waals surface area contributed by atoms with Crippen molar-refractivity contribution < 1.29 is 44.2 Å². The van der Waals surface area contributed by atoms with Crippen LogP contribution in [0.15, 0.2) is 18.3 Å². The van der Waals surface area contributed by atoms with Crippen LogP contribution in [0, 0.1) is 0 Å². The van der Waals surface area contributed by atoms with Crippen molar-refractivity contribution in [1.82, 2.24) is 4.98 Å². The topological polar surface area (TPSA) is 62.2 Å². The second-order valence-corrected chi connectivity index (χ2v) is 2.07. The van der Waals surface area contributed by atoms with E-state index in [0.717, 1.165) is 0 Å². The van der Waals surface area contributed by atoms with Crippen LogP contribution in [0.5, 0.6) is 5.75 Å². The molecule has 1 aromatic rings. The summed E-state index contributed by atoms with van der Waals surface area (Å²) in [6.07, 6.45) is 1.38. The zero-order valence-electron chi connectivity index (χ0n) is 7.61. The van der Waals surface area contributed by atoms with Gasteiger partial charge >= 0.3 is 29.6 Å². The van der Waals surface area contributed by atoms with Gasteiger partial charge in [-0.3, -0.25) is 4.98 Å². The molecule has 13 heavy (non-hydrogen) atoms. The van der Waals surface area contributed by atoms with Gasteiger partial charge in [0.15, 0.2) is 0 Å². The molecule has 4 nitrogen and oxygen atoms in total. The Morgan fingerprint density at radius 2 is 2.38 bits per heavy atom. The molecule has 0 fully saturated rings. The van der Waals surface area contributed by atoms with Gasteiger partial charge in [-0.05, 0) is 19.1 Å². The number of aromatic carboxylic acids is 1. The Labute approximate surface area is 98.2 Å².